The van der Waals surface area contributed by atoms with Gasteiger partial charge in [0.1, 0.15) is 16.7 Å². The number of hydrogen-bond donors (Lipinski definition) is 0. The lowest BCUT2D eigenvalue weighted by atomic mass is 10.3. The maximum Gasteiger partial charge on any atom is 0.224 e. The second-order valence-electron chi connectivity index (χ2n) is 3.07. The monoisotopic (exact) mass is 270 g/mol. The van der Waals surface area contributed by atoms with Crippen LogP contribution in [0.15, 0.2) is 35.5 Å². The molecule has 6 heteroatoms. The molecule has 0 atom stereocenters. The molecule has 0 radical (unpaired) electrons. The summed E-state index contributed by atoms with van der Waals surface area (Å²) in [4.78, 5) is 8.11. The fourth-order valence-electron chi connectivity index (χ4n) is 1.14. The van der Waals surface area contributed by atoms with Gasteiger partial charge in [-0.05, 0) is 30.5 Å². The number of hydrogen-bond acceptors (Lipinski definition) is 4. The quantitative estimate of drug-likeness (QED) is 0.483. The molecule has 2 aromatic rings. The van der Waals surface area contributed by atoms with Gasteiger partial charge in [0.05, 0.1) is 0 Å². The van der Waals surface area contributed by atoms with Crippen molar-refractivity contribution in [1.82, 2.24) is 9.97 Å². The van der Waals surface area contributed by atoms with Gasteiger partial charge in [-0.2, -0.15) is 4.98 Å². The molecule has 0 N–H and O–H groups in total. The first kappa shape index (κ1) is 12.1. The Labute approximate surface area is 107 Å². The second-order valence-corrected chi connectivity index (χ2v) is 4.23. The molecule has 2 rings (SSSR count). The molecular weight excluding hydrogens is 263 g/mol. The highest BCUT2D eigenvalue weighted by atomic mass is 35.5. The first-order valence-electron chi connectivity index (χ1n) is 4.69. The van der Waals surface area contributed by atoms with E-state index in [1.807, 2.05) is 6.26 Å². The molecule has 0 bridgehead atoms. The Morgan fingerprint density at radius 3 is 2.59 bits per heavy atom. The van der Waals surface area contributed by atoms with Gasteiger partial charge in [0.2, 0.25) is 5.88 Å². The van der Waals surface area contributed by atoms with E-state index in [1.54, 1.807) is 0 Å². The van der Waals surface area contributed by atoms with Crippen molar-refractivity contribution in [3.05, 3.63) is 41.3 Å². The fourth-order valence-corrected chi connectivity index (χ4v) is 1.74. The van der Waals surface area contributed by atoms with E-state index >= 15 is 0 Å². The number of aromatic nitrogens is 2. The van der Waals surface area contributed by atoms with Gasteiger partial charge in [0.15, 0.2) is 5.16 Å². The van der Waals surface area contributed by atoms with Crippen molar-refractivity contribution >= 4 is 23.4 Å². The predicted molar refractivity (Wildman–Crippen MR) is 65.3 cm³/mol. The van der Waals surface area contributed by atoms with E-state index in [4.69, 9.17) is 16.3 Å². The van der Waals surface area contributed by atoms with Gasteiger partial charge >= 0.3 is 0 Å². The van der Waals surface area contributed by atoms with Crippen LogP contribution < -0.4 is 4.74 Å². The maximum atomic E-state index is 12.7. The number of nitrogens with zero attached hydrogens (tertiary/aromatic N) is 2. The lowest BCUT2D eigenvalue weighted by molar-refractivity contribution is 0.454. The third-order valence-corrected chi connectivity index (χ3v) is 2.61. The molecule has 17 heavy (non-hydrogen) atoms. The zero-order valence-corrected chi connectivity index (χ0v) is 10.4. The van der Waals surface area contributed by atoms with Crippen molar-refractivity contribution in [3.8, 4) is 11.6 Å². The van der Waals surface area contributed by atoms with E-state index in [1.165, 1.54) is 42.1 Å². The Hall–Kier alpha value is -1.33. The van der Waals surface area contributed by atoms with Crippen LogP contribution in [0.1, 0.15) is 0 Å². The Morgan fingerprint density at radius 2 is 1.94 bits per heavy atom. The van der Waals surface area contributed by atoms with E-state index in [0.29, 0.717) is 21.9 Å². The molecule has 1 aromatic heterocycles. The Balaban J connectivity index is 2.23. The normalized spacial score (nSPS) is 10.3. The zero-order chi connectivity index (χ0) is 12.3. The summed E-state index contributed by atoms with van der Waals surface area (Å²) >= 11 is 7.18. The largest absolute Gasteiger partial charge is 0.439 e. The minimum atomic E-state index is -0.317. The topological polar surface area (TPSA) is 35.0 Å². The molecular formula is C11H8ClFN2OS. The van der Waals surface area contributed by atoms with E-state index in [2.05, 4.69) is 9.97 Å². The number of thioether (sulfide) groups is 1. The average molecular weight is 271 g/mol. The molecule has 0 spiro atoms. The van der Waals surface area contributed by atoms with E-state index in [9.17, 15) is 4.39 Å². The number of ether oxygens (including phenoxy) is 1. The van der Waals surface area contributed by atoms with Crippen LogP contribution in [0.25, 0.3) is 0 Å². The molecule has 0 aliphatic heterocycles. The van der Waals surface area contributed by atoms with Gasteiger partial charge in [-0.3, -0.25) is 0 Å². The van der Waals surface area contributed by atoms with Crippen LogP contribution in [-0.2, 0) is 0 Å². The van der Waals surface area contributed by atoms with Gasteiger partial charge in [-0.15, -0.1) is 0 Å². The molecule has 3 nitrogen and oxygen atoms in total. The molecule has 0 amide bonds. The van der Waals surface area contributed by atoms with Crippen LogP contribution in [-0.4, -0.2) is 16.2 Å². The summed E-state index contributed by atoms with van der Waals surface area (Å²) in [7, 11) is 0. The van der Waals surface area contributed by atoms with Crippen molar-refractivity contribution in [2.45, 2.75) is 5.16 Å². The molecule has 0 unspecified atom stereocenters. The summed E-state index contributed by atoms with van der Waals surface area (Å²) in [6.07, 6.45) is 1.84. The summed E-state index contributed by atoms with van der Waals surface area (Å²) in [5.74, 6) is 0.511. The van der Waals surface area contributed by atoms with Crippen molar-refractivity contribution in [2.24, 2.45) is 0 Å². The zero-order valence-electron chi connectivity index (χ0n) is 8.85. The molecule has 0 aliphatic rings. The van der Waals surface area contributed by atoms with Gasteiger partial charge in [0, 0.05) is 6.07 Å². The highest BCUT2D eigenvalue weighted by Crippen LogP contribution is 2.24. The third kappa shape index (κ3) is 3.31. The van der Waals surface area contributed by atoms with E-state index < -0.39 is 0 Å². The lowest BCUT2D eigenvalue weighted by Gasteiger charge is -2.05. The molecule has 0 saturated carbocycles. The Kier molecular flexibility index (Phi) is 3.81. The Morgan fingerprint density at radius 1 is 1.24 bits per heavy atom. The van der Waals surface area contributed by atoms with Crippen molar-refractivity contribution in [1.29, 1.82) is 0 Å². The van der Waals surface area contributed by atoms with Gasteiger partial charge in [-0.1, -0.05) is 23.4 Å². The van der Waals surface area contributed by atoms with Crippen molar-refractivity contribution in [3.63, 3.8) is 0 Å². The lowest BCUT2D eigenvalue weighted by Crippen LogP contribution is -1.92. The van der Waals surface area contributed by atoms with Gasteiger partial charge in [0.25, 0.3) is 0 Å². The average Bonchev–Trinajstić information content (AvgIpc) is 2.31. The summed E-state index contributed by atoms with van der Waals surface area (Å²) in [6, 6.07) is 7.17. The molecule has 1 aromatic carbocycles. The number of benzene rings is 1. The van der Waals surface area contributed by atoms with Crippen molar-refractivity contribution in [2.75, 3.05) is 6.26 Å². The third-order valence-electron chi connectivity index (χ3n) is 1.87. The minimum absolute atomic E-state index is 0.307. The SMILES string of the molecule is CSc1nc(Cl)cc(Oc2ccc(F)cc2)n1. The summed E-state index contributed by atoms with van der Waals surface area (Å²) in [5, 5.41) is 0.830. The summed E-state index contributed by atoms with van der Waals surface area (Å²) in [5.41, 5.74) is 0. The minimum Gasteiger partial charge on any atom is -0.439 e. The second kappa shape index (κ2) is 5.33. The van der Waals surface area contributed by atoms with Crippen LogP contribution in [0, 0.1) is 5.82 Å². The van der Waals surface area contributed by atoms with Crippen LogP contribution in [0.4, 0.5) is 4.39 Å². The molecule has 1 heterocycles. The highest BCUT2D eigenvalue weighted by Gasteiger charge is 2.04. The number of rotatable bonds is 3. The molecule has 0 fully saturated rings. The first-order chi connectivity index (χ1) is 8.17. The van der Waals surface area contributed by atoms with E-state index in [0.717, 1.165) is 0 Å². The van der Waals surface area contributed by atoms with Crippen LogP contribution in [0.3, 0.4) is 0 Å². The molecule has 0 saturated heterocycles. The fraction of sp³-hybridized carbons (Fsp3) is 0.0909. The molecule has 88 valence electrons. The smallest absolute Gasteiger partial charge is 0.224 e. The van der Waals surface area contributed by atoms with Gasteiger partial charge < -0.3 is 4.74 Å². The number of halogens is 2. The van der Waals surface area contributed by atoms with E-state index in [-0.39, 0.29) is 5.82 Å². The van der Waals surface area contributed by atoms with Crippen LogP contribution in [0.2, 0.25) is 5.15 Å². The highest BCUT2D eigenvalue weighted by molar-refractivity contribution is 7.98. The predicted octanol–water partition coefficient (Wildman–Crippen LogP) is 3.78. The van der Waals surface area contributed by atoms with Crippen molar-refractivity contribution < 1.29 is 9.13 Å². The molecule has 0 aliphatic carbocycles. The van der Waals surface area contributed by atoms with Gasteiger partial charge in [-0.25, -0.2) is 9.37 Å². The van der Waals surface area contributed by atoms with Crippen LogP contribution >= 0.6 is 23.4 Å². The summed E-state index contributed by atoms with van der Waals surface area (Å²) < 4.78 is 18.1. The van der Waals surface area contributed by atoms with Crippen LogP contribution in [0.5, 0.6) is 11.6 Å². The standard InChI is InChI=1S/C11H8ClFN2OS/c1-17-11-14-9(12)6-10(15-11)16-8-4-2-7(13)3-5-8/h2-6H,1H3. The Bertz CT molecular complexity index is 521. The first-order valence-corrected chi connectivity index (χ1v) is 6.29. The summed E-state index contributed by atoms with van der Waals surface area (Å²) in [6.45, 7) is 0. The maximum absolute atomic E-state index is 12.7.